The largest absolute Gasteiger partial charge is 0.508 e. The van der Waals surface area contributed by atoms with E-state index in [0.29, 0.717) is 11.6 Å². The Balaban J connectivity index is 1.47. The fourth-order valence-electron chi connectivity index (χ4n) is 3.82. The van der Waals surface area contributed by atoms with Crippen molar-refractivity contribution in [3.8, 4) is 5.75 Å². The first-order valence-corrected chi connectivity index (χ1v) is 11.7. The summed E-state index contributed by atoms with van der Waals surface area (Å²) in [5, 5.41) is 10.7. The maximum absolute atomic E-state index is 9.57. The third kappa shape index (κ3) is 4.94. The van der Waals surface area contributed by atoms with Gasteiger partial charge in [0.15, 0.2) is 5.82 Å². The Morgan fingerprint density at radius 2 is 1.94 bits per heavy atom. The van der Waals surface area contributed by atoms with Crippen molar-refractivity contribution in [1.82, 2.24) is 19.3 Å². The first-order chi connectivity index (χ1) is 15.2. The Morgan fingerprint density at radius 3 is 2.77 bits per heavy atom. The highest BCUT2D eigenvalue weighted by Crippen LogP contribution is 2.29. The number of anilines is 1. The molecule has 4 N–H and O–H groups in total. The number of nitrogens with zero attached hydrogens (tertiary/aromatic N) is 3. The summed E-state index contributed by atoms with van der Waals surface area (Å²) in [5.74, 6) is 1.90. The minimum Gasteiger partial charge on any atom is -0.508 e. The molecule has 7 heteroatoms. The molecule has 0 aliphatic heterocycles. The third-order valence-electron chi connectivity index (χ3n) is 5.36. The van der Waals surface area contributed by atoms with Crippen LogP contribution >= 0.6 is 11.9 Å². The van der Waals surface area contributed by atoms with Crippen molar-refractivity contribution in [2.24, 2.45) is 0 Å². The summed E-state index contributed by atoms with van der Waals surface area (Å²) in [7, 11) is 0. The summed E-state index contributed by atoms with van der Waals surface area (Å²) in [4.78, 5) is 10.5. The summed E-state index contributed by atoms with van der Waals surface area (Å²) in [5.41, 5.74) is 9.12. The van der Waals surface area contributed by atoms with Crippen molar-refractivity contribution in [3.05, 3.63) is 54.4 Å². The lowest BCUT2D eigenvalue weighted by atomic mass is 10.2. The molecule has 0 bridgehead atoms. The second-order valence-corrected chi connectivity index (χ2v) is 8.66. The van der Waals surface area contributed by atoms with Crippen LogP contribution in [0, 0.1) is 0 Å². The van der Waals surface area contributed by atoms with Gasteiger partial charge in [-0.2, -0.15) is 0 Å². The fourth-order valence-corrected chi connectivity index (χ4v) is 4.56. The number of hydrogen-bond acceptors (Lipinski definition) is 6. The van der Waals surface area contributed by atoms with Crippen molar-refractivity contribution < 1.29 is 5.11 Å². The molecule has 6 nitrogen and oxygen atoms in total. The smallest absolute Gasteiger partial charge is 0.152 e. The molecule has 0 unspecified atom stereocenters. The molecule has 0 fully saturated rings. The Morgan fingerprint density at radius 1 is 1.06 bits per heavy atom. The number of rotatable bonds is 10. The van der Waals surface area contributed by atoms with E-state index in [2.05, 4.69) is 27.3 Å². The lowest BCUT2D eigenvalue weighted by Gasteiger charge is -2.11. The monoisotopic (exact) mass is 435 g/mol. The van der Waals surface area contributed by atoms with Gasteiger partial charge in [0.25, 0.3) is 0 Å². The molecule has 162 valence electrons. The van der Waals surface area contributed by atoms with Gasteiger partial charge in [0, 0.05) is 29.8 Å². The zero-order valence-corrected chi connectivity index (χ0v) is 18.7. The summed E-state index contributed by atoms with van der Waals surface area (Å²) in [6.07, 6.45) is 5.26. The predicted octanol–water partition coefficient (Wildman–Crippen LogP) is 5.29. The van der Waals surface area contributed by atoms with Crippen molar-refractivity contribution in [1.29, 1.82) is 0 Å². The van der Waals surface area contributed by atoms with Gasteiger partial charge in [0.05, 0.1) is 11.0 Å². The van der Waals surface area contributed by atoms with Crippen LogP contribution in [-0.2, 0) is 13.0 Å². The van der Waals surface area contributed by atoms with E-state index >= 15 is 0 Å². The number of para-hydroxylation sites is 1. The second-order valence-electron chi connectivity index (χ2n) is 7.70. The van der Waals surface area contributed by atoms with E-state index in [0.717, 1.165) is 77.8 Å². The number of aryl methyl sites for hydroxylation is 2. The number of unbranched alkanes of at least 4 members (excludes halogenated alkanes) is 2. The Hall–Kier alpha value is -2.77. The van der Waals surface area contributed by atoms with E-state index in [1.807, 2.05) is 30.3 Å². The lowest BCUT2D eigenvalue weighted by Crippen LogP contribution is -2.09. The Labute approximate surface area is 187 Å². The van der Waals surface area contributed by atoms with Gasteiger partial charge >= 0.3 is 0 Å². The molecular formula is C24H29N5OS. The predicted molar refractivity (Wildman–Crippen MR) is 129 cm³/mol. The zero-order chi connectivity index (χ0) is 21.6. The van der Waals surface area contributed by atoms with Crippen LogP contribution in [0.5, 0.6) is 5.75 Å². The summed E-state index contributed by atoms with van der Waals surface area (Å²) >= 11 is 1.55. The number of hydrogen-bond donors (Lipinski definition) is 3. The minimum absolute atomic E-state index is 0.291. The van der Waals surface area contributed by atoms with Crippen LogP contribution in [-0.4, -0.2) is 26.2 Å². The molecule has 0 atom stereocenters. The fraction of sp³-hybridized carbons (Fsp3) is 0.333. The number of nitrogens with one attached hydrogen (secondary N) is 1. The number of nitrogens with two attached hydrogens (primary N) is 1. The number of phenols is 1. The van der Waals surface area contributed by atoms with Gasteiger partial charge < -0.3 is 15.4 Å². The van der Waals surface area contributed by atoms with Crippen molar-refractivity contribution in [3.63, 3.8) is 0 Å². The highest BCUT2D eigenvalue weighted by molar-refractivity contribution is 7.97. The zero-order valence-electron chi connectivity index (χ0n) is 17.8. The molecule has 4 rings (SSSR count). The number of fused-ring (bicyclic) bond motifs is 3. The second kappa shape index (κ2) is 10.0. The minimum atomic E-state index is 0.291. The quantitative estimate of drug-likeness (QED) is 0.232. The summed E-state index contributed by atoms with van der Waals surface area (Å²) in [6.45, 7) is 4.00. The lowest BCUT2D eigenvalue weighted by molar-refractivity contribution is 0.474. The average molecular weight is 436 g/mol. The standard InChI is InChI=1S/C24H29N5OS/c1-2-3-13-21-28-22-23(19-11-4-5-12-20(19)27-24(22)25)29(21)15-7-6-14-26-31-18-10-8-9-17(30)16-18/h4-5,8-12,16,26,30H,2-3,6-7,13-15H2,1H3,(H2,25,27). The van der Waals surface area contributed by atoms with E-state index in [1.165, 1.54) is 0 Å². The van der Waals surface area contributed by atoms with Gasteiger partial charge in [-0.1, -0.05) is 37.6 Å². The van der Waals surface area contributed by atoms with Gasteiger partial charge in [0.2, 0.25) is 0 Å². The van der Waals surface area contributed by atoms with Gasteiger partial charge in [-0.25, -0.2) is 9.97 Å². The van der Waals surface area contributed by atoms with Crippen LogP contribution in [0.3, 0.4) is 0 Å². The Bertz CT molecular complexity index is 1170. The van der Waals surface area contributed by atoms with Crippen LogP contribution in [0.4, 0.5) is 5.82 Å². The van der Waals surface area contributed by atoms with Crippen LogP contribution in [0.1, 0.15) is 38.4 Å². The molecule has 2 heterocycles. The number of phenolic OH excluding ortho intramolecular Hbond substituents is 1. The summed E-state index contributed by atoms with van der Waals surface area (Å²) in [6, 6.07) is 15.4. The number of nitrogen functional groups attached to an aromatic ring is 1. The van der Waals surface area contributed by atoms with Crippen molar-refractivity contribution in [2.75, 3.05) is 12.3 Å². The molecule has 31 heavy (non-hydrogen) atoms. The van der Waals surface area contributed by atoms with Crippen LogP contribution < -0.4 is 10.5 Å². The molecule has 0 spiro atoms. The molecule has 0 saturated carbocycles. The first-order valence-electron chi connectivity index (χ1n) is 10.9. The molecule has 0 radical (unpaired) electrons. The van der Waals surface area contributed by atoms with E-state index in [9.17, 15) is 5.11 Å². The third-order valence-corrected chi connectivity index (χ3v) is 6.20. The normalized spacial score (nSPS) is 11.5. The highest BCUT2D eigenvalue weighted by atomic mass is 32.2. The van der Waals surface area contributed by atoms with E-state index in [4.69, 9.17) is 10.7 Å². The number of benzene rings is 2. The van der Waals surface area contributed by atoms with Crippen LogP contribution in [0.25, 0.3) is 21.9 Å². The molecule has 0 aliphatic carbocycles. The highest BCUT2D eigenvalue weighted by Gasteiger charge is 2.16. The molecule has 0 aliphatic rings. The number of imidazole rings is 1. The van der Waals surface area contributed by atoms with Gasteiger partial charge in [-0.15, -0.1) is 0 Å². The first kappa shape index (κ1) is 21.5. The SMILES string of the molecule is CCCCc1nc2c(N)nc3ccccc3c2n1CCCCNSc1cccc(O)c1. The summed E-state index contributed by atoms with van der Waals surface area (Å²) < 4.78 is 5.74. The molecule has 2 aromatic heterocycles. The van der Waals surface area contributed by atoms with Crippen molar-refractivity contribution in [2.45, 2.75) is 50.5 Å². The topological polar surface area (TPSA) is 89.0 Å². The number of aromatic nitrogens is 3. The number of aromatic hydroxyl groups is 1. The molecule has 0 amide bonds. The molecule has 4 aromatic rings. The number of pyridine rings is 1. The maximum Gasteiger partial charge on any atom is 0.152 e. The van der Waals surface area contributed by atoms with Gasteiger partial charge in [-0.05, 0) is 55.5 Å². The molecular weight excluding hydrogens is 406 g/mol. The molecule has 0 saturated heterocycles. The Kier molecular flexibility index (Phi) is 6.94. The maximum atomic E-state index is 9.57. The molecule has 2 aromatic carbocycles. The average Bonchev–Trinajstić information content (AvgIpc) is 3.14. The van der Waals surface area contributed by atoms with E-state index in [-0.39, 0.29) is 0 Å². The van der Waals surface area contributed by atoms with Gasteiger partial charge in [-0.3, -0.25) is 4.72 Å². The van der Waals surface area contributed by atoms with E-state index < -0.39 is 0 Å². The van der Waals surface area contributed by atoms with Crippen LogP contribution in [0.15, 0.2) is 53.4 Å². The van der Waals surface area contributed by atoms with Crippen LogP contribution in [0.2, 0.25) is 0 Å². The van der Waals surface area contributed by atoms with Crippen molar-refractivity contribution >= 4 is 39.7 Å². The van der Waals surface area contributed by atoms with Gasteiger partial charge in [0.1, 0.15) is 17.1 Å². The van der Waals surface area contributed by atoms with E-state index in [1.54, 1.807) is 24.1 Å².